The molecule has 0 unspecified atom stereocenters. The van der Waals surface area contributed by atoms with Crippen molar-refractivity contribution < 1.29 is 18.0 Å². The largest absolute Gasteiger partial charge is 0.416 e. The van der Waals surface area contributed by atoms with Crippen LogP contribution in [0.5, 0.6) is 0 Å². The molecular weight excluding hydrogens is 445 g/mol. The van der Waals surface area contributed by atoms with E-state index >= 15 is 0 Å². The Morgan fingerprint density at radius 2 is 1.79 bits per heavy atom. The number of halogens is 3. The molecule has 3 N–H and O–H groups in total. The van der Waals surface area contributed by atoms with Crippen LogP contribution in [-0.2, 0) is 19.0 Å². The molecule has 1 saturated carbocycles. The molecule has 2 amide bonds. The van der Waals surface area contributed by atoms with Crippen LogP contribution in [0, 0.1) is 0 Å². The first-order chi connectivity index (χ1) is 16.1. The molecule has 2 aliphatic rings. The Bertz CT molecular complexity index is 1030. The predicted octanol–water partition coefficient (Wildman–Crippen LogP) is 4.75. The van der Waals surface area contributed by atoms with E-state index in [-0.39, 0.29) is 17.8 Å². The first kappa shape index (κ1) is 24.1. The molecule has 1 fully saturated rings. The fourth-order valence-corrected chi connectivity index (χ4v) is 5.02. The lowest BCUT2D eigenvalue weighted by molar-refractivity contribution is -0.137. The van der Waals surface area contributed by atoms with Gasteiger partial charge < -0.3 is 16.0 Å². The lowest BCUT2D eigenvalue weighted by Gasteiger charge is -2.36. The highest BCUT2D eigenvalue weighted by Crippen LogP contribution is 2.35. The third kappa shape index (κ3) is 5.20. The standard InChI is InChI=1S/C24H31F3N6O/c1-32(2)21-19-8-3-4-9-20(19)30-23(31-21)29-16-10-12-17(13-11-16)33(22(28)34)18-7-5-6-15(14-18)24(25,26)27/h5-7,14,16-17H,3-4,8-13H2,1-2H3,(H2,28,34)(H,29,30,31). The number of aromatic nitrogens is 2. The van der Waals surface area contributed by atoms with Crippen LogP contribution in [0.15, 0.2) is 24.3 Å². The van der Waals surface area contributed by atoms with Gasteiger partial charge >= 0.3 is 12.2 Å². The molecule has 0 aliphatic heterocycles. The Labute approximate surface area is 197 Å². The summed E-state index contributed by atoms with van der Waals surface area (Å²) in [7, 11) is 3.97. The van der Waals surface area contributed by atoms with E-state index in [4.69, 9.17) is 15.7 Å². The molecule has 7 nitrogen and oxygen atoms in total. The summed E-state index contributed by atoms with van der Waals surface area (Å²) in [5.74, 6) is 1.56. The van der Waals surface area contributed by atoms with Crippen LogP contribution in [0.1, 0.15) is 55.3 Å². The van der Waals surface area contributed by atoms with Gasteiger partial charge in [0, 0.05) is 37.4 Å². The average molecular weight is 477 g/mol. The van der Waals surface area contributed by atoms with E-state index in [1.165, 1.54) is 22.6 Å². The third-order valence-corrected chi connectivity index (χ3v) is 6.67. The van der Waals surface area contributed by atoms with Gasteiger partial charge in [-0.25, -0.2) is 9.78 Å². The molecule has 0 bridgehead atoms. The van der Waals surface area contributed by atoms with Gasteiger partial charge in [0.05, 0.1) is 11.3 Å². The van der Waals surface area contributed by atoms with Crippen molar-refractivity contribution in [3.8, 4) is 0 Å². The zero-order valence-electron chi connectivity index (χ0n) is 19.5. The van der Waals surface area contributed by atoms with Crippen molar-refractivity contribution in [3.63, 3.8) is 0 Å². The van der Waals surface area contributed by atoms with Crippen molar-refractivity contribution >= 4 is 23.5 Å². The molecule has 0 radical (unpaired) electrons. The Morgan fingerprint density at radius 3 is 2.44 bits per heavy atom. The number of nitrogens with one attached hydrogen (secondary N) is 1. The quantitative estimate of drug-likeness (QED) is 0.650. The Balaban J connectivity index is 1.46. The molecule has 0 atom stereocenters. The molecule has 0 saturated heterocycles. The molecule has 4 rings (SSSR count). The van der Waals surface area contributed by atoms with Gasteiger partial charge in [0.2, 0.25) is 5.95 Å². The molecule has 34 heavy (non-hydrogen) atoms. The van der Waals surface area contributed by atoms with Crippen LogP contribution in [0.3, 0.4) is 0 Å². The highest BCUT2D eigenvalue weighted by atomic mass is 19.4. The number of nitrogens with two attached hydrogens (primary N) is 1. The highest BCUT2D eigenvalue weighted by molar-refractivity contribution is 5.91. The summed E-state index contributed by atoms with van der Waals surface area (Å²) in [4.78, 5) is 25.0. The minimum absolute atomic E-state index is 0.115. The molecule has 184 valence electrons. The van der Waals surface area contributed by atoms with Crippen LogP contribution in [-0.4, -0.2) is 42.2 Å². The van der Waals surface area contributed by atoms with E-state index in [0.717, 1.165) is 62.2 Å². The molecule has 1 aromatic heterocycles. The van der Waals surface area contributed by atoms with Crippen LogP contribution < -0.4 is 20.9 Å². The van der Waals surface area contributed by atoms with E-state index in [0.29, 0.717) is 18.8 Å². The monoisotopic (exact) mass is 476 g/mol. The van der Waals surface area contributed by atoms with Crippen molar-refractivity contribution in [2.45, 2.75) is 69.6 Å². The molecule has 2 aliphatic carbocycles. The SMILES string of the molecule is CN(C)c1nc(NC2CCC(N(C(N)=O)c3cccc(C(F)(F)F)c3)CC2)nc2c1CCCC2. The Morgan fingerprint density at radius 1 is 1.09 bits per heavy atom. The maximum Gasteiger partial charge on any atom is 0.416 e. The number of urea groups is 1. The molecule has 1 heterocycles. The summed E-state index contributed by atoms with van der Waals surface area (Å²) >= 11 is 0. The van der Waals surface area contributed by atoms with Crippen LogP contribution in [0.4, 0.5) is 35.4 Å². The number of alkyl halides is 3. The summed E-state index contributed by atoms with van der Waals surface area (Å²) in [6.45, 7) is 0. The molecule has 1 aromatic carbocycles. The third-order valence-electron chi connectivity index (χ3n) is 6.67. The maximum absolute atomic E-state index is 13.2. The summed E-state index contributed by atoms with van der Waals surface area (Å²) in [5, 5.41) is 3.45. The van der Waals surface area contributed by atoms with E-state index in [9.17, 15) is 18.0 Å². The van der Waals surface area contributed by atoms with E-state index in [2.05, 4.69) is 5.32 Å². The van der Waals surface area contributed by atoms with Crippen LogP contribution >= 0.6 is 0 Å². The summed E-state index contributed by atoms with van der Waals surface area (Å²) in [5.41, 5.74) is 7.30. The lowest BCUT2D eigenvalue weighted by Crippen LogP contribution is -2.47. The minimum atomic E-state index is -4.48. The van der Waals surface area contributed by atoms with Crippen LogP contribution in [0.25, 0.3) is 0 Å². The topological polar surface area (TPSA) is 87.4 Å². The van der Waals surface area contributed by atoms with Crippen molar-refractivity contribution in [2.75, 3.05) is 29.2 Å². The van der Waals surface area contributed by atoms with E-state index in [1.54, 1.807) is 0 Å². The van der Waals surface area contributed by atoms with Crippen molar-refractivity contribution in [1.82, 2.24) is 9.97 Å². The number of nitrogens with zero attached hydrogens (tertiary/aromatic N) is 4. The molecule has 10 heteroatoms. The van der Waals surface area contributed by atoms with E-state index in [1.807, 2.05) is 19.0 Å². The average Bonchev–Trinajstić information content (AvgIpc) is 2.79. The maximum atomic E-state index is 13.2. The van der Waals surface area contributed by atoms with Gasteiger partial charge in [-0.1, -0.05) is 6.07 Å². The van der Waals surface area contributed by atoms with Gasteiger partial charge in [0.15, 0.2) is 0 Å². The fraction of sp³-hybridized carbons (Fsp3) is 0.542. The summed E-state index contributed by atoms with van der Waals surface area (Å²) < 4.78 is 39.5. The number of benzene rings is 1. The Kier molecular flexibility index (Phi) is 6.86. The van der Waals surface area contributed by atoms with Crippen molar-refractivity contribution in [2.24, 2.45) is 5.73 Å². The van der Waals surface area contributed by atoms with Gasteiger partial charge in [0.25, 0.3) is 0 Å². The van der Waals surface area contributed by atoms with Crippen molar-refractivity contribution in [1.29, 1.82) is 0 Å². The number of rotatable bonds is 5. The number of hydrogen-bond acceptors (Lipinski definition) is 5. The van der Waals surface area contributed by atoms with E-state index < -0.39 is 17.8 Å². The zero-order chi connectivity index (χ0) is 24.5. The second-order valence-corrected chi connectivity index (χ2v) is 9.30. The zero-order valence-corrected chi connectivity index (χ0v) is 19.5. The van der Waals surface area contributed by atoms with Crippen LogP contribution in [0.2, 0.25) is 0 Å². The Hall–Kier alpha value is -3.04. The molecule has 0 spiro atoms. The number of fused-ring (bicyclic) bond motifs is 1. The number of hydrogen-bond donors (Lipinski definition) is 2. The first-order valence-corrected chi connectivity index (χ1v) is 11.7. The highest BCUT2D eigenvalue weighted by Gasteiger charge is 2.33. The fourth-order valence-electron chi connectivity index (χ4n) is 5.02. The smallest absolute Gasteiger partial charge is 0.362 e. The summed E-state index contributed by atoms with van der Waals surface area (Å²) in [6, 6.07) is 3.88. The van der Waals surface area contributed by atoms with Gasteiger partial charge in [-0.05, 0) is 69.6 Å². The first-order valence-electron chi connectivity index (χ1n) is 11.7. The molecule has 2 aromatic rings. The number of carbonyl (C=O) groups is 1. The number of amides is 2. The molecular formula is C24H31F3N6O. The van der Waals surface area contributed by atoms with Gasteiger partial charge in [-0.2, -0.15) is 18.2 Å². The summed E-state index contributed by atoms with van der Waals surface area (Å²) in [6.07, 6.45) is 2.41. The van der Waals surface area contributed by atoms with Gasteiger partial charge in [-0.15, -0.1) is 0 Å². The van der Waals surface area contributed by atoms with Gasteiger partial charge in [0.1, 0.15) is 5.82 Å². The number of carbonyl (C=O) groups excluding carboxylic acids is 1. The van der Waals surface area contributed by atoms with Gasteiger partial charge in [-0.3, -0.25) is 4.90 Å². The lowest BCUT2D eigenvalue weighted by atomic mass is 9.90. The second kappa shape index (κ2) is 9.68. The number of anilines is 3. The second-order valence-electron chi connectivity index (χ2n) is 9.30. The number of aryl methyl sites for hydroxylation is 1. The predicted molar refractivity (Wildman–Crippen MR) is 126 cm³/mol. The minimum Gasteiger partial charge on any atom is -0.362 e. The normalized spacial score (nSPS) is 20.4. The number of primary amides is 1. The van der Waals surface area contributed by atoms with Crippen molar-refractivity contribution in [3.05, 3.63) is 41.1 Å².